The molecule has 0 radical (unpaired) electrons. The molecule has 0 aliphatic heterocycles. The zero-order chi connectivity index (χ0) is 11.5. The number of benzene rings is 1. The van der Waals surface area contributed by atoms with Crippen molar-refractivity contribution >= 4 is 38.9 Å². The summed E-state index contributed by atoms with van der Waals surface area (Å²) >= 11 is 10.7. The second-order valence-corrected chi connectivity index (χ2v) is 6.20. The van der Waals surface area contributed by atoms with E-state index in [4.69, 9.17) is 11.6 Å². The highest BCUT2D eigenvalue weighted by Gasteiger charge is 2.10. The van der Waals surface area contributed by atoms with Crippen LogP contribution >= 0.6 is 38.9 Å². The Balaban J connectivity index is 2.11. The molecule has 1 aromatic heterocycles. The van der Waals surface area contributed by atoms with Gasteiger partial charge in [0.25, 0.3) is 0 Å². The van der Waals surface area contributed by atoms with E-state index in [1.54, 1.807) is 0 Å². The highest BCUT2D eigenvalue weighted by Crippen LogP contribution is 2.27. The number of hydrogen-bond donors (Lipinski definition) is 1. The molecule has 0 spiro atoms. The molecule has 1 aromatic carbocycles. The summed E-state index contributed by atoms with van der Waals surface area (Å²) in [6.07, 6.45) is 0.126. The summed E-state index contributed by atoms with van der Waals surface area (Å²) in [4.78, 5) is 1.09. The van der Waals surface area contributed by atoms with E-state index in [0.717, 1.165) is 19.2 Å². The summed E-state index contributed by atoms with van der Waals surface area (Å²) in [6, 6.07) is 11.5. The summed E-state index contributed by atoms with van der Waals surface area (Å²) in [5.41, 5.74) is 0.916. The lowest BCUT2D eigenvalue weighted by Crippen LogP contribution is -2.00. The Morgan fingerprint density at radius 3 is 2.75 bits per heavy atom. The van der Waals surface area contributed by atoms with Crippen LogP contribution in [-0.2, 0) is 6.42 Å². The van der Waals surface area contributed by atoms with Crippen molar-refractivity contribution in [1.29, 1.82) is 0 Å². The van der Waals surface area contributed by atoms with Gasteiger partial charge in [-0.05, 0) is 29.8 Å². The van der Waals surface area contributed by atoms with Crippen LogP contribution in [-0.4, -0.2) is 5.11 Å². The lowest BCUT2D eigenvalue weighted by Gasteiger charge is -2.09. The molecule has 0 aliphatic carbocycles. The molecule has 1 heterocycles. The van der Waals surface area contributed by atoms with Crippen molar-refractivity contribution in [2.45, 2.75) is 12.5 Å². The molecular formula is C12H10BrClOS. The third-order valence-electron chi connectivity index (χ3n) is 2.26. The smallest absolute Gasteiger partial charge is 0.0931 e. The summed E-state index contributed by atoms with van der Waals surface area (Å²) in [6.45, 7) is 0. The summed E-state index contributed by atoms with van der Waals surface area (Å²) in [7, 11) is 0. The zero-order valence-electron chi connectivity index (χ0n) is 8.36. The van der Waals surface area contributed by atoms with Gasteiger partial charge in [-0.2, -0.15) is 0 Å². The first kappa shape index (κ1) is 12.1. The largest absolute Gasteiger partial charge is 0.388 e. The zero-order valence-corrected chi connectivity index (χ0v) is 11.5. The molecule has 84 valence electrons. The number of hydrogen-bond acceptors (Lipinski definition) is 2. The average molecular weight is 318 g/mol. The molecule has 0 saturated heterocycles. The molecule has 4 heteroatoms. The van der Waals surface area contributed by atoms with E-state index in [-0.39, 0.29) is 0 Å². The molecule has 0 aliphatic rings. The molecule has 2 rings (SSSR count). The predicted octanol–water partition coefficient (Wildman–Crippen LogP) is 4.44. The Morgan fingerprint density at radius 2 is 2.12 bits per heavy atom. The fourth-order valence-electron chi connectivity index (χ4n) is 1.48. The van der Waals surface area contributed by atoms with Crippen LogP contribution in [0.5, 0.6) is 0 Å². The minimum Gasteiger partial charge on any atom is -0.388 e. The van der Waals surface area contributed by atoms with Gasteiger partial charge in [-0.25, -0.2) is 0 Å². The Kier molecular flexibility index (Phi) is 4.03. The van der Waals surface area contributed by atoms with Gasteiger partial charge in [0.05, 0.1) is 10.4 Å². The van der Waals surface area contributed by atoms with Crippen LogP contribution < -0.4 is 0 Å². The second-order valence-electron chi connectivity index (χ2n) is 3.48. The molecule has 1 nitrogen and oxygen atoms in total. The molecule has 1 N–H and O–H groups in total. The van der Waals surface area contributed by atoms with Gasteiger partial charge in [0.2, 0.25) is 0 Å². The van der Waals surface area contributed by atoms with Gasteiger partial charge in [-0.15, -0.1) is 11.3 Å². The van der Waals surface area contributed by atoms with Gasteiger partial charge in [0.15, 0.2) is 0 Å². The first-order chi connectivity index (χ1) is 7.65. The molecule has 16 heavy (non-hydrogen) atoms. The van der Waals surface area contributed by atoms with Crippen molar-refractivity contribution in [2.75, 3.05) is 0 Å². The van der Waals surface area contributed by atoms with E-state index in [9.17, 15) is 5.11 Å². The van der Waals surface area contributed by atoms with Crippen LogP contribution in [0.2, 0.25) is 4.34 Å². The lowest BCUT2D eigenvalue weighted by molar-refractivity contribution is 0.179. The van der Waals surface area contributed by atoms with Crippen LogP contribution in [0, 0.1) is 0 Å². The Hall–Kier alpha value is -0.350. The molecule has 1 atom stereocenters. The topological polar surface area (TPSA) is 20.2 Å². The molecule has 0 saturated carbocycles. The van der Waals surface area contributed by atoms with E-state index < -0.39 is 6.10 Å². The van der Waals surface area contributed by atoms with Crippen LogP contribution in [0.1, 0.15) is 16.5 Å². The molecular weight excluding hydrogens is 308 g/mol. The van der Waals surface area contributed by atoms with Gasteiger partial charge in [0.1, 0.15) is 0 Å². The fourth-order valence-corrected chi connectivity index (χ4v) is 3.02. The maximum absolute atomic E-state index is 10.1. The van der Waals surface area contributed by atoms with Crippen molar-refractivity contribution < 1.29 is 5.11 Å². The SMILES string of the molecule is OC(Cc1ccc(Cl)s1)c1cccc(Br)c1. The number of halogens is 2. The monoisotopic (exact) mass is 316 g/mol. The average Bonchev–Trinajstić information content (AvgIpc) is 2.64. The van der Waals surface area contributed by atoms with Gasteiger partial charge in [-0.3, -0.25) is 0 Å². The molecule has 1 unspecified atom stereocenters. The normalized spacial score (nSPS) is 12.7. The maximum Gasteiger partial charge on any atom is 0.0931 e. The van der Waals surface area contributed by atoms with E-state index in [1.165, 1.54) is 11.3 Å². The number of thiophene rings is 1. The Morgan fingerprint density at radius 1 is 1.31 bits per heavy atom. The first-order valence-corrected chi connectivity index (χ1v) is 6.81. The van der Waals surface area contributed by atoms with Crippen molar-refractivity contribution in [1.82, 2.24) is 0 Å². The third-order valence-corrected chi connectivity index (χ3v) is 4.00. The molecule has 0 fully saturated rings. The van der Waals surface area contributed by atoms with Gasteiger partial charge in [-0.1, -0.05) is 39.7 Å². The van der Waals surface area contributed by atoms with Crippen LogP contribution in [0.25, 0.3) is 0 Å². The maximum atomic E-state index is 10.1. The Bertz CT molecular complexity index is 483. The summed E-state index contributed by atoms with van der Waals surface area (Å²) < 4.78 is 1.74. The first-order valence-electron chi connectivity index (χ1n) is 4.83. The van der Waals surface area contributed by atoms with E-state index in [2.05, 4.69) is 15.9 Å². The van der Waals surface area contributed by atoms with Crippen LogP contribution in [0.3, 0.4) is 0 Å². The van der Waals surface area contributed by atoms with E-state index >= 15 is 0 Å². The minimum atomic E-state index is -0.479. The standard InChI is InChI=1S/C12H10BrClOS/c13-9-3-1-2-8(6-9)11(15)7-10-4-5-12(14)16-10/h1-6,11,15H,7H2. The molecule has 2 aromatic rings. The predicted molar refractivity (Wildman–Crippen MR) is 72.1 cm³/mol. The van der Waals surface area contributed by atoms with Gasteiger partial charge >= 0.3 is 0 Å². The van der Waals surface area contributed by atoms with Crippen molar-refractivity contribution in [3.8, 4) is 0 Å². The number of rotatable bonds is 3. The highest BCUT2D eigenvalue weighted by atomic mass is 79.9. The van der Waals surface area contributed by atoms with Crippen molar-refractivity contribution in [2.24, 2.45) is 0 Å². The van der Waals surface area contributed by atoms with E-state index in [1.807, 2.05) is 36.4 Å². The quantitative estimate of drug-likeness (QED) is 0.887. The van der Waals surface area contributed by atoms with Crippen molar-refractivity contribution in [3.05, 3.63) is 55.6 Å². The third kappa shape index (κ3) is 3.08. The lowest BCUT2D eigenvalue weighted by atomic mass is 10.1. The van der Waals surface area contributed by atoms with Crippen LogP contribution in [0.15, 0.2) is 40.9 Å². The van der Waals surface area contributed by atoms with Gasteiger partial charge in [0, 0.05) is 15.8 Å². The number of aliphatic hydroxyl groups excluding tert-OH is 1. The second kappa shape index (κ2) is 5.32. The summed E-state index contributed by atoms with van der Waals surface area (Å²) in [5.74, 6) is 0. The Labute approximate surface area is 112 Å². The highest BCUT2D eigenvalue weighted by molar-refractivity contribution is 9.10. The molecule has 0 bridgehead atoms. The van der Waals surface area contributed by atoms with Gasteiger partial charge < -0.3 is 5.11 Å². The molecule has 0 amide bonds. The van der Waals surface area contributed by atoms with E-state index in [0.29, 0.717) is 6.42 Å². The van der Waals surface area contributed by atoms with Crippen LogP contribution in [0.4, 0.5) is 0 Å². The fraction of sp³-hybridized carbons (Fsp3) is 0.167. The minimum absolute atomic E-state index is 0.479. The summed E-state index contributed by atoms with van der Waals surface area (Å²) in [5, 5.41) is 10.1. The number of aliphatic hydroxyl groups is 1. The van der Waals surface area contributed by atoms with Crippen molar-refractivity contribution in [3.63, 3.8) is 0 Å².